The van der Waals surface area contributed by atoms with Crippen molar-refractivity contribution >= 4 is 6.08 Å². The van der Waals surface area contributed by atoms with Gasteiger partial charge in [-0.15, -0.1) is 0 Å². The van der Waals surface area contributed by atoms with Crippen LogP contribution in [0.2, 0.25) is 0 Å². The maximum absolute atomic E-state index is 12.6. The predicted molar refractivity (Wildman–Crippen MR) is 36.5 cm³/mol. The van der Waals surface area contributed by atoms with Gasteiger partial charge in [0.1, 0.15) is 5.82 Å². The molecule has 0 radical (unpaired) electrons. The molecule has 0 amide bonds. The second-order valence-corrected chi connectivity index (χ2v) is 1.81. The highest BCUT2D eigenvalue weighted by Gasteiger charge is 1.93. The quantitative estimate of drug-likeness (QED) is 0.562. The Bertz CT molecular complexity index is 241. The lowest BCUT2D eigenvalue weighted by Gasteiger charge is -1.91. The van der Waals surface area contributed by atoms with Crippen LogP contribution in [0.15, 0.2) is 30.6 Å². The highest BCUT2D eigenvalue weighted by molar-refractivity contribution is 5.48. The Hall–Kier alpha value is -1.18. The molecule has 0 aliphatic heterocycles. The largest absolute Gasteiger partial charge is 0.216 e. The molecule has 0 N–H and O–H groups in total. The molecule has 0 saturated heterocycles. The summed E-state index contributed by atoms with van der Waals surface area (Å²) in [5.74, 6) is -0.406. The normalized spacial score (nSPS) is 10.6. The summed E-state index contributed by atoms with van der Waals surface area (Å²) < 4.78 is 24.1. The van der Waals surface area contributed by atoms with Gasteiger partial charge in [0.15, 0.2) is 0 Å². The summed E-state index contributed by atoms with van der Waals surface area (Å²) in [6, 6.07) is 6.00. The van der Waals surface area contributed by atoms with E-state index in [1.54, 1.807) is 12.1 Å². The molecule has 0 spiro atoms. The molecule has 10 heavy (non-hydrogen) atoms. The summed E-state index contributed by atoms with van der Waals surface area (Å²) >= 11 is 0. The zero-order chi connectivity index (χ0) is 7.40. The summed E-state index contributed by atoms with van der Waals surface area (Å²) in [7, 11) is 0. The average Bonchev–Trinajstić information content (AvgIpc) is 1.94. The second kappa shape index (κ2) is 3.11. The molecule has 0 aromatic heterocycles. The zero-order valence-electron chi connectivity index (χ0n) is 5.22. The first-order valence-corrected chi connectivity index (χ1v) is 2.86. The van der Waals surface area contributed by atoms with Crippen LogP contribution in [-0.2, 0) is 0 Å². The summed E-state index contributed by atoms with van der Waals surface area (Å²) in [5, 5.41) is 0. The second-order valence-electron chi connectivity index (χ2n) is 1.81. The van der Waals surface area contributed by atoms with E-state index in [-0.39, 0.29) is 5.56 Å². The van der Waals surface area contributed by atoms with Gasteiger partial charge in [-0.2, -0.15) is 0 Å². The fraction of sp³-hybridized carbons (Fsp3) is 0. The van der Waals surface area contributed by atoms with Crippen molar-refractivity contribution in [3.05, 3.63) is 42.0 Å². The lowest BCUT2D eigenvalue weighted by molar-refractivity contribution is 0.624. The topological polar surface area (TPSA) is 0 Å². The molecular formula is C8H6F2. The third-order valence-electron chi connectivity index (χ3n) is 1.15. The van der Waals surface area contributed by atoms with Crippen molar-refractivity contribution in [3.8, 4) is 0 Å². The standard InChI is InChI=1S/C8H6F2/c9-6-5-7-3-1-2-4-8(7)10/h1-6H/b6-5+. The molecule has 0 heterocycles. The monoisotopic (exact) mass is 140 g/mol. The van der Waals surface area contributed by atoms with E-state index in [4.69, 9.17) is 0 Å². The van der Waals surface area contributed by atoms with E-state index in [0.717, 1.165) is 6.08 Å². The number of hydrogen-bond acceptors (Lipinski definition) is 0. The van der Waals surface area contributed by atoms with Gasteiger partial charge in [0.25, 0.3) is 0 Å². The Morgan fingerprint density at radius 2 is 1.90 bits per heavy atom. The third kappa shape index (κ3) is 1.41. The lowest BCUT2D eigenvalue weighted by atomic mass is 10.2. The number of rotatable bonds is 1. The van der Waals surface area contributed by atoms with Gasteiger partial charge in [-0.3, -0.25) is 0 Å². The van der Waals surface area contributed by atoms with Crippen molar-refractivity contribution in [1.29, 1.82) is 0 Å². The predicted octanol–water partition coefficient (Wildman–Crippen LogP) is 2.77. The fourth-order valence-corrected chi connectivity index (χ4v) is 0.678. The zero-order valence-corrected chi connectivity index (χ0v) is 5.22. The maximum Gasteiger partial charge on any atom is 0.130 e. The van der Waals surface area contributed by atoms with Crippen LogP contribution < -0.4 is 0 Å². The minimum Gasteiger partial charge on any atom is -0.216 e. The van der Waals surface area contributed by atoms with Crippen LogP contribution in [0.1, 0.15) is 5.56 Å². The lowest BCUT2D eigenvalue weighted by Crippen LogP contribution is -1.77. The van der Waals surface area contributed by atoms with E-state index in [1.165, 1.54) is 12.1 Å². The van der Waals surface area contributed by atoms with Gasteiger partial charge in [0, 0.05) is 5.56 Å². The van der Waals surface area contributed by atoms with Gasteiger partial charge >= 0.3 is 0 Å². The Morgan fingerprint density at radius 3 is 2.50 bits per heavy atom. The van der Waals surface area contributed by atoms with Crippen molar-refractivity contribution in [2.45, 2.75) is 0 Å². The van der Waals surface area contributed by atoms with Crippen molar-refractivity contribution in [2.24, 2.45) is 0 Å². The van der Waals surface area contributed by atoms with Crippen LogP contribution in [0.3, 0.4) is 0 Å². The van der Waals surface area contributed by atoms with Gasteiger partial charge in [-0.1, -0.05) is 18.2 Å². The molecule has 1 aromatic carbocycles. The van der Waals surface area contributed by atoms with Crippen LogP contribution in [0.25, 0.3) is 6.08 Å². The summed E-state index contributed by atoms with van der Waals surface area (Å²) in [6.45, 7) is 0. The maximum atomic E-state index is 12.6. The van der Waals surface area contributed by atoms with E-state index >= 15 is 0 Å². The smallest absolute Gasteiger partial charge is 0.130 e. The van der Waals surface area contributed by atoms with E-state index in [9.17, 15) is 8.78 Å². The molecule has 0 aliphatic rings. The molecule has 0 atom stereocenters. The highest BCUT2D eigenvalue weighted by Crippen LogP contribution is 2.07. The van der Waals surface area contributed by atoms with Gasteiger partial charge in [0.2, 0.25) is 0 Å². The molecule has 0 unspecified atom stereocenters. The Kier molecular flexibility index (Phi) is 2.15. The molecular weight excluding hydrogens is 134 g/mol. The van der Waals surface area contributed by atoms with E-state index in [2.05, 4.69) is 0 Å². The summed E-state index contributed by atoms with van der Waals surface area (Å²) in [4.78, 5) is 0. The van der Waals surface area contributed by atoms with Crippen LogP contribution >= 0.6 is 0 Å². The molecule has 0 aliphatic carbocycles. The van der Waals surface area contributed by atoms with Gasteiger partial charge in [0.05, 0.1) is 6.33 Å². The van der Waals surface area contributed by atoms with Gasteiger partial charge in [-0.05, 0) is 12.1 Å². The van der Waals surface area contributed by atoms with E-state index in [0.29, 0.717) is 6.33 Å². The van der Waals surface area contributed by atoms with E-state index in [1.807, 2.05) is 0 Å². The van der Waals surface area contributed by atoms with Crippen LogP contribution in [0.5, 0.6) is 0 Å². The van der Waals surface area contributed by atoms with Crippen molar-refractivity contribution in [2.75, 3.05) is 0 Å². The molecule has 52 valence electrons. The van der Waals surface area contributed by atoms with Crippen LogP contribution in [0.4, 0.5) is 8.78 Å². The molecule has 1 rings (SSSR count). The number of hydrogen-bond donors (Lipinski definition) is 0. The average molecular weight is 140 g/mol. The van der Waals surface area contributed by atoms with Crippen LogP contribution in [-0.4, -0.2) is 0 Å². The summed E-state index contributed by atoms with van der Waals surface area (Å²) in [5.41, 5.74) is 0.269. The molecule has 0 fully saturated rings. The number of benzene rings is 1. The van der Waals surface area contributed by atoms with Gasteiger partial charge in [-0.25, -0.2) is 8.78 Å². The Morgan fingerprint density at radius 1 is 1.20 bits per heavy atom. The highest BCUT2D eigenvalue weighted by atomic mass is 19.1. The van der Waals surface area contributed by atoms with Crippen molar-refractivity contribution < 1.29 is 8.78 Å². The minimum absolute atomic E-state index is 0.269. The SMILES string of the molecule is F/C=C/c1ccccc1F. The first-order valence-electron chi connectivity index (χ1n) is 2.86. The molecule has 0 bridgehead atoms. The molecule has 0 saturated carbocycles. The van der Waals surface area contributed by atoms with E-state index < -0.39 is 5.82 Å². The number of halogens is 2. The summed E-state index contributed by atoms with van der Waals surface area (Å²) in [6.07, 6.45) is 1.40. The Labute approximate surface area is 57.8 Å². The van der Waals surface area contributed by atoms with Crippen molar-refractivity contribution in [3.63, 3.8) is 0 Å². The van der Waals surface area contributed by atoms with Gasteiger partial charge < -0.3 is 0 Å². The minimum atomic E-state index is -0.406. The molecule has 0 nitrogen and oxygen atoms in total. The first-order chi connectivity index (χ1) is 4.84. The van der Waals surface area contributed by atoms with Crippen molar-refractivity contribution in [1.82, 2.24) is 0 Å². The molecule has 2 heteroatoms. The van der Waals surface area contributed by atoms with Crippen LogP contribution in [0, 0.1) is 5.82 Å². The fourth-order valence-electron chi connectivity index (χ4n) is 0.678. The molecule has 1 aromatic rings. The first kappa shape index (κ1) is 6.93. The third-order valence-corrected chi connectivity index (χ3v) is 1.15. The Balaban J connectivity index is 3.03.